The van der Waals surface area contributed by atoms with Crippen LogP contribution in [-0.2, 0) is 9.05 Å². The quantitative estimate of drug-likeness (QED) is 0.247. The van der Waals surface area contributed by atoms with Crippen molar-refractivity contribution in [3.8, 4) is 11.8 Å². The van der Waals surface area contributed by atoms with E-state index in [9.17, 15) is 10.1 Å². The van der Waals surface area contributed by atoms with E-state index in [4.69, 9.17) is 19.0 Å². The average molecular weight is 354 g/mol. The summed E-state index contributed by atoms with van der Waals surface area (Å²) >= 11 is 0. The highest BCUT2D eigenvalue weighted by Gasteiger charge is 2.22. The van der Waals surface area contributed by atoms with Crippen molar-refractivity contribution in [1.29, 1.82) is 5.26 Å². The third kappa shape index (κ3) is 6.79. The molecule has 0 aliphatic carbocycles. The molecule has 1 rings (SSSR count). The lowest BCUT2D eigenvalue weighted by molar-refractivity contribution is -0.386. The lowest BCUT2D eigenvalue weighted by Crippen LogP contribution is -2.04. The monoisotopic (exact) mass is 354 g/mol. The summed E-state index contributed by atoms with van der Waals surface area (Å²) in [5, 5.41) is 19.7. The molecule has 0 heterocycles. The fourth-order valence-electron chi connectivity index (χ4n) is 1.98. The van der Waals surface area contributed by atoms with Crippen LogP contribution in [0.2, 0.25) is 0 Å². The Morgan fingerprint density at radius 2 is 2.17 bits per heavy atom. The summed E-state index contributed by atoms with van der Waals surface area (Å²) in [7, 11) is -1.22. The van der Waals surface area contributed by atoms with Gasteiger partial charge in [-0.05, 0) is 25.5 Å². The van der Waals surface area contributed by atoms with E-state index in [1.165, 1.54) is 6.07 Å². The maximum atomic E-state index is 11.2. The molecule has 0 radical (unpaired) electrons. The lowest BCUT2D eigenvalue weighted by atomic mass is 10.1. The van der Waals surface area contributed by atoms with E-state index >= 15 is 0 Å². The van der Waals surface area contributed by atoms with Gasteiger partial charge in [-0.25, -0.2) is 0 Å². The molecule has 0 N–H and O–H groups in total. The first kappa shape index (κ1) is 20.3. The Kier molecular flexibility index (Phi) is 9.24. The SMILES string of the molecule is CCCCOc1ccc([N+](=O)[O-])c(C(C)OP(C)OCCC#N)c1. The first-order valence-electron chi connectivity index (χ1n) is 7.81. The van der Waals surface area contributed by atoms with Gasteiger partial charge in [-0.1, -0.05) is 13.3 Å². The van der Waals surface area contributed by atoms with Gasteiger partial charge < -0.3 is 13.8 Å². The summed E-state index contributed by atoms with van der Waals surface area (Å²) in [6, 6.07) is 6.67. The van der Waals surface area contributed by atoms with Gasteiger partial charge in [0.2, 0.25) is 0 Å². The van der Waals surface area contributed by atoms with Gasteiger partial charge in [0.1, 0.15) is 5.75 Å². The van der Waals surface area contributed by atoms with Crippen LogP contribution in [0.1, 0.15) is 44.8 Å². The minimum Gasteiger partial charge on any atom is -0.494 e. The molecule has 7 nitrogen and oxygen atoms in total. The molecule has 0 spiro atoms. The van der Waals surface area contributed by atoms with Gasteiger partial charge in [0.25, 0.3) is 5.69 Å². The van der Waals surface area contributed by atoms with E-state index in [0.717, 1.165) is 12.8 Å². The Morgan fingerprint density at radius 3 is 2.79 bits per heavy atom. The van der Waals surface area contributed by atoms with Crippen molar-refractivity contribution in [2.75, 3.05) is 19.9 Å². The maximum absolute atomic E-state index is 11.2. The van der Waals surface area contributed by atoms with E-state index in [1.54, 1.807) is 25.7 Å². The second-order valence-electron chi connectivity index (χ2n) is 5.11. The predicted molar refractivity (Wildman–Crippen MR) is 92.0 cm³/mol. The zero-order chi connectivity index (χ0) is 17.9. The molecule has 0 saturated heterocycles. The molecule has 0 aliphatic rings. The van der Waals surface area contributed by atoms with Crippen LogP contribution in [0.4, 0.5) is 5.69 Å². The van der Waals surface area contributed by atoms with Crippen LogP contribution in [0, 0.1) is 21.4 Å². The molecule has 0 aliphatic heterocycles. The summed E-state index contributed by atoms with van der Waals surface area (Å²) in [4.78, 5) is 10.8. The Bertz CT molecular complexity index is 576. The Morgan fingerprint density at radius 1 is 1.42 bits per heavy atom. The molecule has 24 heavy (non-hydrogen) atoms. The average Bonchev–Trinajstić information content (AvgIpc) is 2.55. The smallest absolute Gasteiger partial charge is 0.275 e. The van der Waals surface area contributed by atoms with Gasteiger partial charge in [0.05, 0.1) is 42.3 Å². The number of unbranched alkanes of at least 4 members (excludes halogenated alkanes) is 1. The lowest BCUT2D eigenvalue weighted by Gasteiger charge is -2.19. The number of nitro benzene ring substituents is 1. The zero-order valence-corrected chi connectivity index (χ0v) is 15.1. The minimum atomic E-state index is -1.22. The van der Waals surface area contributed by atoms with Gasteiger partial charge >= 0.3 is 0 Å². The molecular weight excluding hydrogens is 331 g/mol. The highest BCUT2D eigenvalue weighted by Crippen LogP contribution is 2.42. The number of rotatable bonds is 11. The molecule has 2 unspecified atom stereocenters. The van der Waals surface area contributed by atoms with Crippen LogP contribution < -0.4 is 4.74 Å². The maximum Gasteiger partial charge on any atom is 0.275 e. The van der Waals surface area contributed by atoms with E-state index in [1.807, 2.05) is 6.07 Å². The Hall–Kier alpha value is -1.74. The number of hydrogen-bond donors (Lipinski definition) is 0. The van der Waals surface area contributed by atoms with Crippen molar-refractivity contribution >= 4 is 14.1 Å². The van der Waals surface area contributed by atoms with E-state index in [2.05, 4.69) is 6.92 Å². The molecule has 1 aromatic carbocycles. The molecule has 2 atom stereocenters. The van der Waals surface area contributed by atoms with Crippen LogP contribution in [0.25, 0.3) is 0 Å². The molecule has 1 aromatic rings. The fourth-order valence-corrected chi connectivity index (χ4v) is 2.95. The summed E-state index contributed by atoms with van der Waals surface area (Å²) in [6.45, 7) is 6.42. The molecular formula is C16H23N2O5P. The van der Waals surface area contributed by atoms with E-state index in [0.29, 0.717) is 17.9 Å². The Balaban J connectivity index is 2.82. The zero-order valence-electron chi connectivity index (χ0n) is 14.2. The summed E-state index contributed by atoms with van der Waals surface area (Å²) in [5.41, 5.74) is 0.443. The predicted octanol–water partition coefficient (Wildman–Crippen LogP) is 4.72. The summed E-state index contributed by atoms with van der Waals surface area (Å²) in [6.07, 6.45) is 1.70. The summed E-state index contributed by atoms with van der Waals surface area (Å²) < 4.78 is 16.7. The van der Waals surface area contributed by atoms with Gasteiger partial charge in [0, 0.05) is 12.7 Å². The number of ether oxygens (including phenoxy) is 1. The third-order valence-corrected chi connectivity index (χ3v) is 4.35. The second-order valence-corrected chi connectivity index (χ2v) is 6.46. The van der Waals surface area contributed by atoms with Gasteiger partial charge in [0.15, 0.2) is 8.38 Å². The molecule has 132 valence electrons. The largest absolute Gasteiger partial charge is 0.494 e. The first-order chi connectivity index (χ1) is 11.5. The molecule has 0 amide bonds. The molecule has 0 saturated carbocycles. The first-order valence-corrected chi connectivity index (χ1v) is 9.43. The topological polar surface area (TPSA) is 94.6 Å². The standard InChI is InChI=1S/C16H23N2O5P/c1-4-5-10-21-14-7-8-16(18(19)20)15(12-14)13(2)23-24(3)22-11-6-9-17/h7-8,12-13H,4-6,10-11H2,1-3H3. The molecule has 0 aromatic heterocycles. The molecule has 0 bridgehead atoms. The summed E-state index contributed by atoms with van der Waals surface area (Å²) in [5.74, 6) is 0.588. The van der Waals surface area contributed by atoms with Crippen molar-refractivity contribution in [3.63, 3.8) is 0 Å². The van der Waals surface area contributed by atoms with Crippen molar-refractivity contribution in [1.82, 2.24) is 0 Å². The van der Waals surface area contributed by atoms with Crippen LogP contribution in [0.15, 0.2) is 18.2 Å². The molecule has 8 heteroatoms. The minimum absolute atomic E-state index is 0.00855. The Labute approximate surface area is 143 Å². The molecule has 0 fully saturated rings. The van der Waals surface area contributed by atoms with Crippen LogP contribution in [0.3, 0.4) is 0 Å². The second kappa shape index (κ2) is 10.9. The van der Waals surface area contributed by atoms with Gasteiger partial charge in [-0.3, -0.25) is 10.1 Å². The van der Waals surface area contributed by atoms with E-state index < -0.39 is 19.4 Å². The van der Waals surface area contributed by atoms with Crippen LogP contribution >= 0.6 is 8.38 Å². The van der Waals surface area contributed by atoms with Crippen molar-refractivity contribution in [2.45, 2.75) is 39.2 Å². The highest BCUT2D eigenvalue weighted by atomic mass is 31.2. The van der Waals surface area contributed by atoms with Crippen LogP contribution in [-0.4, -0.2) is 24.8 Å². The number of nitro groups is 1. The van der Waals surface area contributed by atoms with Crippen molar-refractivity contribution in [3.05, 3.63) is 33.9 Å². The number of nitrogens with zero attached hydrogens (tertiary/aromatic N) is 2. The number of hydrogen-bond acceptors (Lipinski definition) is 6. The third-order valence-electron chi connectivity index (χ3n) is 3.19. The van der Waals surface area contributed by atoms with Crippen molar-refractivity contribution < 1.29 is 18.7 Å². The van der Waals surface area contributed by atoms with Gasteiger partial charge in [-0.2, -0.15) is 5.26 Å². The van der Waals surface area contributed by atoms with Crippen LogP contribution in [0.5, 0.6) is 5.75 Å². The number of benzene rings is 1. The number of nitriles is 1. The fraction of sp³-hybridized carbons (Fsp3) is 0.562. The van der Waals surface area contributed by atoms with Crippen molar-refractivity contribution in [2.24, 2.45) is 0 Å². The highest BCUT2D eigenvalue weighted by molar-refractivity contribution is 7.46. The van der Waals surface area contributed by atoms with E-state index in [-0.39, 0.29) is 18.7 Å². The van der Waals surface area contributed by atoms with Gasteiger partial charge in [-0.15, -0.1) is 0 Å². The normalized spacial score (nSPS) is 13.1.